The molecular weight excluding hydrogens is 288 g/mol. The van der Waals surface area contributed by atoms with Crippen LogP contribution in [0.3, 0.4) is 0 Å². The van der Waals surface area contributed by atoms with Crippen molar-refractivity contribution in [2.75, 3.05) is 6.61 Å². The zero-order chi connectivity index (χ0) is 16.7. The molecule has 0 aliphatic rings. The fourth-order valence-electron chi connectivity index (χ4n) is 2.63. The predicted octanol–water partition coefficient (Wildman–Crippen LogP) is 4.95. The molecule has 23 heavy (non-hydrogen) atoms. The number of aliphatic hydroxyl groups excluding tert-OH is 1. The minimum Gasteiger partial charge on any atom is -0.490 e. The van der Waals surface area contributed by atoms with E-state index < -0.39 is 6.10 Å². The lowest BCUT2D eigenvalue weighted by Gasteiger charge is -2.17. The molecule has 0 bridgehead atoms. The van der Waals surface area contributed by atoms with Gasteiger partial charge in [-0.25, -0.2) is 0 Å². The van der Waals surface area contributed by atoms with Crippen LogP contribution in [0.1, 0.15) is 46.5 Å². The predicted molar refractivity (Wildman–Crippen MR) is 95.4 cm³/mol. The Labute approximate surface area is 139 Å². The summed E-state index contributed by atoms with van der Waals surface area (Å²) in [4.78, 5) is 0. The van der Waals surface area contributed by atoms with Crippen LogP contribution in [0, 0.1) is 0 Å². The first-order valence-corrected chi connectivity index (χ1v) is 8.61. The van der Waals surface area contributed by atoms with E-state index in [9.17, 15) is 5.11 Å². The van der Waals surface area contributed by atoms with Gasteiger partial charge >= 0.3 is 0 Å². The van der Waals surface area contributed by atoms with Crippen LogP contribution >= 0.6 is 0 Å². The Morgan fingerprint density at radius 2 is 1.61 bits per heavy atom. The van der Waals surface area contributed by atoms with E-state index in [-0.39, 0.29) is 6.10 Å². The van der Waals surface area contributed by atoms with Gasteiger partial charge < -0.3 is 14.6 Å². The molecule has 3 heteroatoms. The molecule has 0 saturated heterocycles. The molecule has 1 atom stereocenters. The van der Waals surface area contributed by atoms with Gasteiger partial charge in [-0.15, -0.1) is 0 Å². The Balaban J connectivity index is 2.09. The van der Waals surface area contributed by atoms with Crippen molar-refractivity contribution in [3.63, 3.8) is 0 Å². The van der Waals surface area contributed by atoms with E-state index in [0.29, 0.717) is 6.61 Å². The summed E-state index contributed by atoms with van der Waals surface area (Å²) in [6.07, 6.45) is 3.87. The monoisotopic (exact) mass is 316 g/mol. The molecule has 0 amide bonds. The van der Waals surface area contributed by atoms with E-state index in [2.05, 4.69) is 6.92 Å². The number of unbranched alkanes of at least 4 members (excludes halogenated alkanes) is 2. The standard InChI is InChI=1S/C20H28O3/c1-4-5-6-9-16(21)14-22-19-12-13-20(23-15(2)3)18-11-8-7-10-17(18)19/h7-8,10-13,15-16,21H,4-6,9,14H2,1-3H3. The summed E-state index contributed by atoms with van der Waals surface area (Å²) in [7, 11) is 0. The first-order chi connectivity index (χ1) is 11.1. The summed E-state index contributed by atoms with van der Waals surface area (Å²) in [5.41, 5.74) is 0. The highest BCUT2D eigenvalue weighted by Crippen LogP contribution is 2.33. The first kappa shape index (κ1) is 17.6. The Kier molecular flexibility index (Phi) is 6.72. The number of rotatable bonds is 9. The lowest BCUT2D eigenvalue weighted by atomic mass is 10.1. The van der Waals surface area contributed by atoms with Crippen molar-refractivity contribution in [1.29, 1.82) is 0 Å². The van der Waals surface area contributed by atoms with Gasteiger partial charge in [-0.1, -0.05) is 50.5 Å². The van der Waals surface area contributed by atoms with Crippen molar-refractivity contribution in [2.45, 2.75) is 58.7 Å². The fraction of sp³-hybridized carbons (Fsp3) is 0.500. The van der Waals surface area contributed by atoms with Crippen LogP contribution in [0.5, 0.6) is 11.5 Å². The maximum atomic E-state index is 10.0. The minimum absolute atomic E-state index is 0.130. The average Bonchev–Trinajstić information content (AvgIpc) is 2.54. The van der Waals surface area contributed by atoms with Crippen LogP contribution in [0.2, 0.25) is 0 Å². The van der Waals surface area contributed by atoms with Crippen LogP contribution < -0.4 is 9.47 Å². The molecule has 2 aromatic rings. The number of hydrogen-bond donors (Lipinski definition) is 1. The quantitative estimate of drug-likeness (QED) is 0.665. The van der Waals surface area contributed by atoms with Gasteiger partial charge in [-0.05, 0) is 32.4 Å². The largest absolute Gasteiger partial charge is 0.490 e. The molecule has 2 rings (SSSR count). The number of fused-ring (bicyclic) bond motifs is 1. The van der Waals surface area contributed by atoms with Crippen LogP contribution in [0.15, 0.2) is 36.4 Å². The summed E-state index contributed by atoms with van der Waals surface area (Å²) in [6, 6.07) is 11.9. The second kappa shape index (κ2) is 8.78. The van der Waals surface area contributed by atoms with Gasteiger partial charge in [0.2, 0.25) is 0 Å². The molecule has 126 valence electrons. The van der Waals surface area contributed by atoms with Crippen LogP contribution in [-0.2, 0) is 0 Å². The molecular formula is C20H28O3. The topological polar surface area (TPSA) is 38.7 Å². The summed E-state index contributed by atoms with van der Waals surface area (Å²) < 4.78 is 11.7. The molecule has 0 fully saturated rings. The van der Waals surface area contributed by atoms with Crippen molar-refractivity contribution in [1.82, 2.24) is 0 Å². The Bertz CT molecular complexity index is 607. The normalized spacial score (nSPS) is 12.6. The number of hydrogen-bond acceptors (Lipinski definition) is 3. The van der Waals surface area contributed by atoms with Gasteiger partial charge in [0, 0.05) is 10.8 Å². The zero-order valence-electron chi connectivity index (χ0n) is 14.4. The molecule has 0 aromatic heterocycles. The lowest BCUT2D eigenvalue weighted by molar-refractivity contribution is 0.0983. The zero-order valence-corrected chi connectivity index (χ0v) is 14.4. The van der Waals surface area contributed by atoms with E-state index in [1.54, 1.807) is 0 Å². The second-order valence-electron chi connectivity index (χ2n) is 6.23. The summed E-state index contributed by atoms with van der Waals surface area (Å²) >= 11 is 0. The van der Waals surface area contributed by atoms with Crippen LogP contribution in [0.4, 0.5) is 0 Å². The van der Waals surface area contributed by atoms with Crippen LogP contribution in [-0.4, -0.2) is 23.9 Å². The van der Waals surface area contributed by atoms with E-state index in [0.717, 1.165) is 48.0 Å². The van der Waals surface area contributed by atoms with Gasteiger partial charge in [0.05, 0.1) is 12.2 Å². The van der Waals surface area contributed by atoms with E-state index >= 15 is 0 Å². The minimum atomic E-state index is -0.410. The fourth-order valence-corrected chi connectivity index (χ4v) is 2.63. The summed E-state index contributed by atoms with van der Waals surface area (Å²) in [5.74, 6) is 1.66. The van der Waals surface area contributed by atoms with Crippen LogP contribution in [0.25, 0.3) is 10.8 Å². The molecule has 0 saturated carbocycles. The van der Waals surface area contributed by atoms with Crippen molar-refractivity contribution in [2.24, 2.45) is 0 Å². The average molecular weight is 316 g/mol. The highest BCUT2D eigenvalue weighted by molar-refractivity contribution is 5.93. The molecule has 0 aliphatic carbocycles. The van der Waals surface area contributed by atoms with Crippen molar-refractivity contribution >= 4 is 10.8 Å². The number of aliphatic hydroxyl groups is 1. The smallest absolute Gasteiger partial charge is 0.127 e. The van der Waals surface area contributed by atoms with Crippen molar-refractivity contribution < 1.29 is 14.6 Å². The second-order valence-corrected chi connectivity index (χ2v) is 6.23. The third-order valence-corrected chi connectivity index (χ3v) is 3.78. The van der Waals surface area contributed by atoms with Gasteiger partial charge in [-0.3, -0.25) is 0 Å². The molecule has 1 unspecified atom stereocenters. The van der Waals surface area contributed by atoms with Gasteiger partial charge in [0.1, 0.15) is 18.1 Å². The molecule has 0 radical (unpaired) electrons. The number of ether oxygens (including phenoxy) is 2. The van der Waals surface area contributed by atoms with Gasteiger partial charge in [0.15, 0.2) is 0 Å². The van der Waals surface area contributed by atoms with E-state index in [1.807, 2.05) is 50.2 Å². The van der Waals surface area contributed by atoms with E-state index in [1.165, 1.54) is 0 Å². The molecule has 2 aromatic carbocycles. The molecule has 0 spiro atoms. The first-order valence-electron chi connectivity index (χ1n) is 8.61. The molecule has 1 N–H and O–H groups in total. The molecule has 3 nitrogen and oxygen atoms in total. The molecule has 0 aliphatic heterocycles. The summed E-state index contributed by atoms with van der Waals surface area (Å²) in [5, 5.41) is 12.1. The lowest BCUT2D eigenvalue weighted by Crippen LogP contribution is -2.17. The van der Waals surface area contributed by atoms with Gasteiger partial charge in [-0.2, -0.15) is 0 Å². The maximum absolute atomic E-state index is 10.0. The highest BCUT2D eigenvalue weighted by Gasteiger charge is 2.11. The Morgan fingerprint density at radius 3 is 2.26 bits per heavy atom. The van der Waals surface area contributed by atoms with Crippen molar-refractivity contribution in [3.8, 4) is 11.5 Å². The highest BCUT2D eigenvalue weighted by atomic mass is 16.5. The Morgan fingerprint density at radius 1 is 0.957 bits per heavy atom. The van der Waals surface area contributed by atoms with E-state index in [4.69, 9.17) is 9.47 Å². The molecule has 0 heterocycles. The van der Waals surface area contributed by atoms with Crippen molar-refractivity contribution in [3.05, 3.63) is 36.4 Å². The number of benzene rings is 2. The maximum Gasteiger partial charge on any atom is 0.127 e. The Hall–Kier alpha value is -1.74. The van der Waals surface area contributed by atoms with Gasteiger partial charge in [0.25, 0.3) is 0 Å². The third kappa shape index (κ3) is 5.14. The third-order valence-electron chi connectivity index (χ3n) is 3.78. The SMILES string of the molecule is CCCCCC(O)COc1ccc(OC(C)C)c2ccccc12. The summed E-state index contributed by atoms with van der Waals surface area (Å²) in [6.45, 7) is 6.53.